The predicted molar refractivity (Wildman–Crippen MR) is 105 cm³/mol. The van der Waals surface area contributed by atoms with Crippen molar-refractivity contribution in [2.45, 2.75) is 19.8 Å². The SMILES string of the molecule is CC(C)c1nc2ccc(NC(=O)c3csc(-c4ncccn4)n3)cc2s1. The zero-order chi connectivity index (χ0) is 18.1. The van der Waals surface area contributed by atoms with Crippen molar-refractivity contribution in [1.29, 1.82) is 0 Å². The summed E-state index contributed by atoms with van der Waals surface area (Å²) in [6.07, 6.45) is 3.30. The van der Waals surface area contributed by atoms with E-state index in [1.54, 1.807) is 35.2 Å². The topological polar surface area (TPSA) is 80.7 Å². The van der Waals surface area contributed by atoms with Crippen LogP contribution in [0.2, 0.25) is 0 Å². The smallest absolute Gasteiger partial charge is 0.275 e. The second-order valence-electron chi connectivity index (χ2n) is 5.95. The molecule has 0 aliphatic heterocycles. The minimum Gasteiger partial charge on any atom is -0.321 e. The van der Waals surface area contributed by atoms with Crippen molar-refractivity contribution >= 4 is 44.5 Å². The molecular formula is C18H15N5OS2. The van der Waals surface area contributed by atoms with Crippen LogP contribution < -0.4 is 5.32 Å². The minimum atomic E-state index is -0.253. The quantitative estimate of drug-likeness (QED) is 0.559. The summed E-state index contributed by atoms with van der Waals surface area (Å²) in [6.45, 7) is 4.24. The van der Waals surface area contributed by atoms with Crippen LogP contribution in [0.1, 0.15) is 35.3 Å². The van der Waals surface area contributed by atoms with Gasteiger partial charge in [-0.1, -0.05) is 13.8 Å². The first kappa shape index (κ1) is 16.7. The predicted octanol–water partition coefficient (Wildman–Crippen LogP) is 4.59. The number of nitrogens with zero attached hydrogens (tertiary/aromatic N) is 4. The van der Waals surface area contributed by atoms with E-state index in [2.05, 4.69) is 39.1 Å². The molecule has 0 atom stereocenters. The molecule has 6 nitrogen and oxygen atoms in total. The minimum absolute atomic E-state index is 0.253. The van der Waals surface area contributed by atoms with Gasteiger partial charge >= 0.3 is 0 Å². The van der Waals surface area contributed by atoms with Gasteiger partial charge in [-0.05, 0) is 24.3 Å². The fourth-order valence-corrected chi connectivity index (χ4v) is 4.11. The lowest BCUT2D eigenvalue weighted by molar-refractivity contribution is 0.102. The van der Waals surface area contributed by atoms with E-state index in [1.165, 1.54) is 11.3 Å². The summed E-state index contributed by atoms with van der Waals surface area (Å²) >= 11 is 3.00. The molecule has 3 heterocycles. The third kappa shape index (κ3) is 3.33. The highest BCUT2D eigenvalue weighted by molar-refractivity contribution is 7.18. The molecule has 130 valence electrons. The highest BCUT2D eigenvalue weighted by atomic mass is 32.1. The zero-order valence-corrected chi connectivity index (χ0v) is 15.8. The Labute approximate surface area is 158 Å². The Hall–Kier alpha value is -2.71. The van der Waals surface area contributed by atoms with E-state index in [9.17, 15) is 4.79 Å². The third-order valence-electron chi connectivity index (χ3n) is 3.65. The van der Waals surface area contributed by atoms with Crippen molar-refractivity contribution in [3.8, 4) is 10.8 Å². The summed E-state index contributed by atoms with van der Waals surface area (Å²) in [4.78, 5) is 29.7. The Bertz CT molecular complexity index is 1070. The molecule has 0 fully saturated rings. The largest absolute Gasteiger partial charge is 0.321 e. The first-order valence-corrected chi connectivity index (χ1v) is 9.74. The van der Waals surface area contributed by atoms with E-state index in [4.69, 9.17) is 0 Å². The van der Waals surface area contributed by atoms with Gasteiger partial charge in [0, 0.05) is 29.4 Å². The first-order valence-electron chi connectivity index (χ1n) is 8.05. The fraction of sp³-hybridized carbons (Fsp3) is 0.167. The molecule has 1 amide bonds. The molecule has 3 aromatic heterocycles. The number of fused-ring (bicyclic) bond motifs is 1. The normalized spacial score (nSPS) is 11.2. The number of aromatic nitrogens is 4. The van der Waals surface area contributed by atoms with Crippen molar-refractivity contribution in [3.63, 3.8) is 0 Å². The lowest BCUT2D eigenvalue weighted by Crippen LogP contribution is -2.12. The summed E-state index contributed by atoms with van der Waals surface area (Å²) in [5.41, 5.74) is 2.03. The molecule has 8 heteroatoms. The molecular weight excluding hydrogens is 366 g/mol. The molecule has 26 heavy (non-hydrogen) atoms. The molecule has 4 rings (SSSR count). The maximum atomic E-state index is 12.5. The Morgan fingerprint density at radius 2 is 1.96 bits per heavy atom. The van der Waals surface area contributed by atoms with E-state index in [1.807, 2.05) is 18.2 Å². The van der Waals surface area contributed by atoms with Crippen LogP contribution in [0.3, 0.4) is 0 Å². The molecule has 0 bridgehead atoms. The number of hydrogen-bond donors (Lipinski definition) is 1. The van der Waals surface area contributed by atoms with Gasteiger partial charge in [-0.3, -0.25) is 4.79 Å². The Morgan fingerprint density at radius 3 is 2.73 bits per heavy atom. The van der Waals surface area contributed by atoms with E-state index in [0.29, 0.717) is 22.4 Å². The number of rotatable bonds is 4. The number of carbonyl (C=O) groups excluding carboxylic acids is 1. The van der Waals surface area contributed by atoms with Crippen molar-refractivity contribution in [2.24, 2.45) is 0 Å². The Balaban J connectivity index is 1.54. The van der Waals surface area contributed by atoms with Crippen LogP contribution >= 0.6 is 22.7 Å². The highest BCUT2D eigenvalue weighted by Gasteiger charge is 2.14. The van der Waals surface area contributed by atoms with Gasteiger partial charge in [0.15, 0.2) is 10.8 Å². The first-order chi connectivity index (χ1) is 12.6. The highest BCUT2D eigenvalue weighted by Crippen LogP contribution is 2.29. The van der Waals surface area contributed by atoms with E-state index in [-0.39, 0.29) is 5.91 Å². The molecule has 0 saturated carbocycles. The second kappa shape index (κ2) is 6.89. The van der Waals surface area contributed by atoms with Crippen LogP contribution in [0.15, 0.2) is 42.0 Å². The Morgan fingerprint density at radius 1 is 1.15 bits per heavy atom. The van der Waals surface area contributed by atoms with E-state index < -0.39 is 0 Å². The second-order valence-corrected chi connectivity index (χ2v) is 7.87. The molecule has 0 saturated heterocycles. The van der Waals surface area contributed by atoms with Crippen LogP contribution in [0.4, 0.5) is 5.69 Å². The lowest BCUT2D eigenvalue weighted by atomic mass is 10.2. The van der Waals surface area contributed by atoms with Gasteiger partial charge in [-0.25, -0.2) is 19.9 Å². The van der Waals surface area contributed by atoms with Gasteiger partial charge in [-0.15, -0.1) is 22.7 Å². The molecule has 1 aromatic carbocycles. The molecule has 0 spiro atoms. The van der Waals surface area contributed by atoms with Crippen LogP contribution in [0.25, 0.3) is 21.0 Å². The van der Waals surface area contributed by atoms with Gasteiger partial charge < -0.3 is 5.32 Å². The van der Waals surface area contributed by atoms with Gasteiger partial charge in [0.2, 0.25) is 0 Å². The fourth-order valence-electron chi connectivity index (χ4n) is 2.35. The molecule has 0 aliphatic rings. The lowest BCUT2D eigenvalue weighted by Gasteiger charge is -2.02. The van der Waals surface area contributed by atoms with Crippen molar-refractivity contribution < 1.29 is 4.79 Å². The monoisotopic (exact) mass is 381 g/mol. The average molecular weight is 381 g/mol. The number of hydrogen-bond acceptors (Lipinski definition) is 7. The third-order valence-corrected chi connectivity index (χ3v) is 5.81. The van der Waals surface area contributed by atoms with Crippen LogP contribution in [0.5, 0.6) is 0 Å². The molecule has 0 aliphatic carbocycles. The van der Waals surface area contributed by atoms with Gasteiger partial charge in [-0.2, -0.15) is 0 Å². The summed E-state index contributed by atoms with van der Waals surface area (Å²) in [5.74, 6) is 0.652. The summed E-state index contributed by atoms with van der Waals surface area (Å²) in [7, 11) is 0. The van der Waals surface area contributed by atoms with Gasteiger partial charge in [0.05, 0.1) is 15.2 Å². The van der Waals surface area contributed by atoms with Crippen LogP contribution in [-0.2, 0) is 0 Å². The number of nitrogens with one attached hydrogen (secondary N) is 1. The summed E-state index contributed by atoms with van der Waals surface area (Å²) < 4.78 is 1.06. The van der Waals surface area contributed by atoms with Gasteiger partial charge in [0.25, 0.3) is 5.91 Å². The molecule has 0 radical (unpaired) electrons. The molecule has 0 unspecified atom stereocenters. The van der Waals surface area contributed by atoms with Crippen LogP contribution in [0, 0.1) is 0 Å². The van der Waals surface area contributed by atoms with Crippen molar-refractivity contribution in [3.05, 3.63) is 52.7 Å². The van der Waals surface area contributed by atoms with E-state index in [0.717, 1.165) is 20.9 Å². The average Bonchev–Trinajstić information content (AvgIpc) is 3.29. The Kier molecular flexibility index (Phi) is 4.44. The van der Waals surface area contributed by atoms with Gasteiger partial charge in [0.1, 0.15) is 5.69 Å². The summed E-state index contributed by atoms with van der Waals surface area (Å²) in [6, 6.07) is 7.48. The number of carbonyl (C=O) groups is 1. The number of anilines is 1. The van der Waals surface area contributed by atoms with Crippen LogP contribution in [-0.4, -0.2) is 25.8 Å². The standard InChI is InChI=1S/C18H15N5OS2/c1-10(2)17-22-12-5-4-11(8-14(12)26-17)21-16(24)13-9-25-18(23-13)15-19-6-3-7-20-15/h3-10H,1-2H3,(H,21,24). The van der Waals surface area contributed by atoms with Crippen molar-refractivity contribution in [2.75, 3.05) is 5.32 Å². The number of amides is 1. The summed E-state index contributed by atoms with van der Waals surface area (Å²) in [5, 5.41) is 6.32. The van der Waals surface area contributed by atoms with E-state index >= 15 is 0 Å². The number of thiazole rings is 2. The zero-order valence-electron chi connectivity index (χ0n) is 14.1. The van der Waals surface area contributed by atoms with Crippen molar-refractivity contribution in [1.82, 2.24) is 19.9 Å². The maximum absolute atomic E-state index is 12.5. The maximum Gasteiger partial charge on any atom is 0.275 e. The molecule has 4 aromatic rings. The molecule has 1 N–H and O–H groups in total. The number of benzene rings is 1.